The maximum atomic E-state index is 14.0. The van der Waals surface area contributed by atoms with Crippen molar-refractivity contribution in [1.29, 1.82) is 0 Å². The van der Waals surface area contributed by atoms with E-state index in [0.29, 0.717) is 56.4 Å². The first-order chi connectivity index (χ1) is 32.3. The van der Waals surface area contributed by atoms with Gasteiger partial charge in [-0.05, 0) is 111 Å². The number of nitro groups is 1. The van der Waals surface area contributed by atoms with E-state index in [1.807, 2.05) is 73.1 Å². The molecule has 67 heavy (non-hydrogen) atoms. The lowest BCUT2D eigenvalue weighted by Crippen LogP contribution is -2.46. The number of nitrogens with zero attached hydrogens (tertiary/aromatic N) is 5. The molecule has 354 valence electrons. The normalized spacial score (nSPS) is 15.7. The number of ether oxygens (including phenoxy) is 1. The minimum atomic E-state index is -4.17. The third-order valence-corrected chi connectivity index (χ3v) is 15.0. The summed E-state index contributed by atoms with van der Waals surface area (Å²) in [6, 6.07) is 31.5. The van der Waals surface area contributed by atoms with E-state index in [1.54, 1.807) is 50.0 Å². The highest BCUT2D eigenvalue weighted by atomic mass is 32.2. The van der Waals surface area contributed by atoms with Crippen molar-refractivity contribution in [2.75, 3.05) is 92.9 Å². The predicted octanol–water partition coefficient (Wildman–Crippen LogP) is 7.77. The number of amides is 1. The molecule has 0 radical (unpaired) electrons. The minimum Gasteiger partial charge on any atom is -0.379 e. The van der Waals surface area contributed by atoms with Crippen molar-refractivity contribution in [3.63, 3.8) is 0 Å². The molecular weight excluding hydrogens is 892 g/mol. The van der Waals surface area contributed by atoms with Crippen molar-refractivity contribution in [1.82, 2.24) is 20.1 Å². The van der Waals surface area contributed by atoms with Crippen LogP contribution >= 0.6 is 11.8 Å². The fourth-order valence-corrected chi connectivity index (χ4v) is 10.7. The summed E-state index contributed by atoms with van der Waals surface area (Å²) in [7, 11) is -0.644. The van der Waals surface area contributed by atoms with Crippen molar-refractivity contribution in [2.45, 2.75) is 31.2 Å². The first kappa shape index (κ1) is 48.9. The van der Waals surface area contributed by atoms with E-state index < -0.39 is 14.9 Å². The summed E-state index contributed by atoms with van der Waals surface area (Å²) in [4.78, 5) is 32.9. The number of carbonyl (C=O) groups is 1. The summed E-state index contributed by atoms with van der Waals surface area (Å²) in [6.07, 6.45) is 3.26. The fraction of sp³-hybridized carbons (Fsp3) is 0.340. The number of nitrogens with one attached hydrogen (secondary N) is 3. The molecule has 7 rings (SSSR count). The van der Waals surface area contributed by atoms with Gasteiger partial charge in [-0.3, -0.25) is 24.5 Å². The number of anilines is 3. The Morgan fingerprint density at radius 1 is 0.896 bits per heavy atom. The number of halogens is 1. The Labute approximate surface area is 397 Å². The number of benzene rings is 4. The lowest BCUT2D eigenvalue weighted by atomic mass is 9.96. The van der Waals surface area contributed by atoms with E-state index in [4.69, 9.17) is 4.74 Å². The zero-order valence-electron chi connectivity index (χ0n) is 38.4. The van der Waals surface area contributed by atoms with Gasteiger partial charge in [0.05, 0.1) is 40.8 Å². The first-order valence-corrected chi connectivity index (χ1v) is 24.9. The van der Waals surface area contributed by atoms with Gasteiger partial charge in [0.25, 0.3) is 21.6 Å². The Hall–Kier alpha value is -5.98. The van der Waals surface area contributed by atoms with Gasteiger partial charge in [0.1, 0.15) is 5.82 Å². The molecule has 3 heterocycles. The lowest BCUT2D eigenvalue weighted by Gasteiger charge is -2.37. The Bertz CT molecular complexity index is 2660. The Morgan fingerprint density at radius 2 is 1.57 bits per heavy atom. The number of hydrogen-bond acceptors (Lipinski definition) is 11. The van der Waals surface area contributed by atoms with Gasteiger partial charge in [-0.2, -0.15) is 0 Å². The molecule has 0 spiro atoms. The number of sulfonamides is 1. The van der Waals surface area contributed by atoms with Gasteiger partial charge in [0.2, 0.25) is 0 Å². The van der Waals surface area contributed by atoms with Crippen LogP contribution in [0.5, 0.6) is 0 Å². The molecule has 0 saturated carbocycles. The summed E-state index contributed by atoms with van der Waals surface area (Å²) >= 11 is 1.67. The largest absolute Gasteiger partial charge is 0.379 e. The highest BCUT2D eigenvalue weighted by Gasteiger charge is 2.27. The molecule has 2 aliphatic heterocycles. The number of carbonyl (C=O) groups excluding carboxylic acids is 1. The van der Waals surface area contributed by atoms with E-state index in [-0.39, 0.29) is 34.9 Å². The molecule has 1 atom stereocenters. The molecule has 2 aliphatic rings. The molecule has 14 nitrogen and oxygen atoms in total. The number of aromatic nitrogens is 1. The van der Waals surface area contributed by atoms with Crippen molar-refractivity contribution in [2.24, 2.45) is 7.05 Å². The topological polar surface area (TPSA) is 154 Å². The standard InChI is InChI=1S/C50H59FN8O6S2/c1-5-46(33-44(59(61)62)34-53-41(22-23-56-28-30-65-31-29-56)35-66-45-12-7-6-8-13-45)67(63,64)54-40-18-20-42(21-19-40)57-24-26-58(27-25-57)43-11-9-10-38(32-43)48-47(50(60)52-3)36(2)55(4)49(48)37-14-16-39(51)17-15-37/h5-21,32-33,41,53-54H,22-31,34-35H2,1-4H3,(H,52,60)/b44-33+,46-5+/t41-/m1/s1. The van der Waals surface area contributed by atoms with E-state index in [0.717, 1.165) is 76.5 Å². The number of allylic oxidation sites excluding steroid dienone is 2. The average Bonchev–Trinajstić information content (AvgIpc) is 3.61. The van der Waals surface area contributed by atoms with Crippen LogP contribution in [0.1, 0.15) is 29.4 Å². The fourth-order valence-electron chi connectivity index (χ4n) is 8.49. The van der Waals surface area contributed by atoms with Crippen molar-refractivity contribution in [3.05, 3.63) is 153 Å². The predicted molar refractivity (Wildman–Crippen MR) is 267 cm³/mol. The molecular formula is C50H59FN8O6S2. The number of morpholine rings is 1. The Kier molecular flexibility index (Phi) is 16.6. The second-order valence-electron chi connectivity index (χ2n) is 16.5. The smallest absolute Gasteiger partial charge is 0.261 e. The number of piperazine rings is 1. The average molecular weight is 951 g/mol. The molecule has 3 N–H and O–H groups in total. The summed E-state index contributed by atoms with van der Waals surface area (Å²) in [5.74, 6) is 0.155. The van der Waals surface area contributed by atoms with Crippen molar-refractivity contribution in [3.8, 4) is 22.4 Å². The number of hydrogen-bond donors (Lipinski definition) is 3. The van der Waals surface area contributed by atoms with Crippen LogP contribution in [0.3, 0.4) is 0 Å². The second-order valence-corrected chi connectivity index (χ2v) is 19.3. The van der Waals surface area contributed by atoms with Crippen LogP contribution in [0.25, 0.3) is 22.4 Å². The van der Waals surface area contributed by atoms with Crippen LogP contribution in [0.2, 0.25) is 0 Å². The molecule has 2 saturated heterocycles. The molecule has 2 fully saturated rings. The van der Waals surface area contributed by atoms with Crippen LogP contribution in [0.4, 0.5) is 21.5 Å². The zero-order valence-corrected chi connectivity index (χ0v) is 40.0. The van der Waals surface area contributed by atoms with Gasteiger partial charge in [-0.15, -0.1) is 11.8 Å². The van der Waals surface area contributed by atoms with Gasteiger partial charge >= 0.3 is 0 Å². The molecule has 1 aromatic heterocycles. The van der Waals surface area contributed by atoms with Gasteiger partial charge in [0, 0.05) is 104 Å². The van der Waals surface area contributed by atoms with Crippen LogP contribution in [0, 0.1) is 22.9 Å². The molecule has 0 unspecified atom stereocenters. The number of thioether (sulfide) groups is 1. The highest BCUT2D eigenvalue weighted by Crippen LogP contribution is 2.40. The van der Waals surface area contributed by atoms with E-state index in [9.17, 15) is 27.7 Å². The lowest BCUT2D eigenvalue weighted by molar-refractivity contribution is -0.426. The van der Waals surface area contributed by atoms with Gasteiger partial charge in [-0.25, -0.2) is 12.8 Å². The van der Waals surface area contributed by atoms with Gasteiger partial charge in [0.15, 0.2) is 0 Å². The van der Waals surface area contributed by atoms with E-state index >= 15 is 0 Å². The minimum absolute atomic E-state index is 0.0645. The maximum Gasteiger partial charge on any atom is 0.261 e. The van der Waals surface area contributed by atoms with Crippen molar-refractivity contribution < 1.29 is 27.3 Å². The summed E-state index contributed by atoms with van der Waals surface area (Å²) < 4.78 is 51.4. The third-order valence-electron chi connectivity index (χ3n) is 12.3. The zero-order chi connectivity index (χ0) is 47.5. The first-order valence-electron chi connectivity index (χ1n) is 22.5. The van der Waals surface area contributed by atoms with Gasteiger partial charge < -0.3 is 29.7 Å². The van der Waals surface area contributed by atoms with Crippen LogP contribution in [-0.2, 0) is 21.8 Å². The quantitative estimate of drug-likeness (QED) is 0.0322. The SMILES string of the molecule is C/C=C(\C=C(/CN[C@H](CCN1CCOCC1)CSc1ccccc1)[N+](=O)[O-])S(=O)(=O)Nc1ccc(N2CCN(c3cccc(-c4c(C(=O)NC)c(C)n(C)c4-c4ccc(F)cc4)c3)CC2)cc1. The molecule has 1 amide bonds. The molecule has 5 aromatic rings. The van der Waals surface area contributed by atoms with E-state index in [2.05, 4.69) is 42.2 Å². The molecule has 0 bridgehead atoms. The van der Waals surface area contributed by atoms with Crippen molar-refractivity contribution >= 4 is 44.8 Å². The van der Waals surface area contributed by atoms with E-state index in [1.165, 1.54) is 18.2 Å². The monoisotopic (exact) mass is 950 g/mol. The second kappa shape index (κ2) is 22.7. The van der Waals surface area contributed by atoms with Gasteiger partial charge in [-0.1, -0.05) is 36.4 Å². The summed E-state index contributed by atoms with van der Waals surface area (Å²) in [5, 5.41) is 18.5. The Balaban J connectivity index is 0.986. The van der Waals surface area contributed by atoms with Crippen LogP contribution in [-0.4, -0.2) is 113 Å². The van der Waals surface area contributed by atoms with Crippen LogP contribution < -0.4 is 25.2 Å². The summed E-state index contributed by atoms with van der Waals surface area (Å²) in [5.41, 5.74) is 6.66. The van der Waals surface area contributed by atoms with Crippen LogP contribution in [0.15, 0.2) is 131 Å². The maximum absolute atomic E-state index is 14.0. The molecule has 4 aromatic carbocycles. The molecule has 17 heteroatoms. The highest BCUT2D eigenvalue weighted by molar-refractivity contribution is 7.99. The third kappa shape index (κ3) is 12.3. The molecule has 0 aliphatic carbocycles. The summed E-state index contributed by atoms with van der Waals surface area (Å²) in [6.45, 7) is 10.0. The number of rotatable bonds is 19. The Morgan fingerprint density at radius 3 is 2.21 bits per heavy atom.